The van der Waals surface area contributed by atoms with E-state index >= 15 is 0 Å². The Balaban J connectivity index is 2.96. The van der Waals surface area contributed by atoms with Crippen molar-refractivity contribution in [3.8, 4) is 0 Å². The van der Waals surface area contributed by atoms with Gasteiger partial charge in [-0.15, -0.1) is 0 Å². The third-order valence-electron chi connectivity index (χ3n) is 1.93. The molecule has 0 aliphatic carbocycles. The van der Waals surface area contributed by atoms with Gasteiger partial charge in [0, 0.05) is 0 Å². The molecule has 1 aliphatic heterocycles. The summed E-state index contributed by atoms with van der Waals surface area (Å²) in [5.74, 6) is -5.83. The van der Waals surface area contributed by atoms with Crippen LogP contribution in [0.2, 0.25) is 0 Å². The fourth-order valence-corrected chi connectivity index (χ4v) is 1.07. The van der Waals surface area contributed by atoms with E-state index in [1.807, 2.05) is 0 Å². The lowest BCUT2D eigenvalue weighted by Gasteiger charge is -2.39. The van der Waals surface area contributed by atoms with Crippen molar-refractivity contribution in [3.05, 3.63) is 0 Å². The Hall–Kier alpha value is -0.800. The van der Waals surface area contributed by atoms with E-state index in [4.69, 9.17) is 25.5 Å². The van der Waals surface area contributed by atoms with Crippen molar-refractivity contribution in [1.29, 1.82) is 0 Å². The molecule has 7 nitrogen and oxygen atoms in total. The third kappa shape index (κ3) is 1.47. The van der Waals surface area contributed by atoms with Crippen molar-refractivity contribution in [2.24, 2.45) is 0 Å². The number of carbonyl (C=O) groups is 1. The topological polar surface area (TPSA) is 127 Å². The minimum Gasteiger partial charge on any atom is -0.477 e. The number of alkyl halides is 1. The molecule has 82 valence electrons. The fraction of sp³-hybridized carbons (Fsp3) is 0.833. The highest BCUT2D eigenvalue weighted by Crippen LogP contribution is 2.30. The van der Waals surface area contributed by atoms with Gasteiger partial charge in [0.15, 0.2) is 12.4 Å². The van der Waals surface area contributed by atoms with Crippen molar-refractivity contribution >= 4 is 5.97 Å². The number of hydrogen-bond acceptors (Lipinski definition) is 6. The van der Waals surface area contributed by atoms with Crippen molar-refractivity contribution in [3.63, 3.8) is 0 Å². The first-order valence-electron chi connectivity index (χ1n) is 3.63. The van der Waals surface area contributed by atoms with E-state index in [9.17, 15) is 9.18 Å². The van der Waals surface area contributed by atoms with Gasteiger partial charge in [0.25, 0.3) is 0 Å². The first kappa shape index (κ1) is 11.3. The van der Waals surface area contributed by atoms with Gasteiger partial charge in [-0.25, -0.2) is 4.79 Å². The van der Waals surface area contributed by atoms with E-state index < -0.39 is 36.4 Å². The van der Waals surface area contributed by atoms with Gasteiger partial charge in [-0.05, 0) is 0 Å². The number of carboxylic acid groups (broad SMARTS) is 1. The van der Waals surface area contributed by atoms with Gasteiger partial charge in [0.1, 0.15) is 12.2 Å². The minimum absolute atomic E-state index is 1.96. The van der Waals surface area contributed by atoms with E-state index in [0.29, 0.717) is 0 Å². The number of aliphatic hydroxyl groups excluding tert-OH is 4. The molecule has 8 heteroatoms. The molecule has 0 saturated carbocycles. The van der Waals surface area contributed by atoms with Gasteiger partial charge in [-0.1, -0.05) is 0 Å². The third-order valence-corrected chi connectivity index (χ3v) is 1.93. The Morgan fingerprint density at radius 3 is 2.14 bits per heavy atom. The highest BCUT2D eigenvalue weighted by Gasteiger charge is 2.59. The minimum atomic E-state index is -3.63. The Labute approximate surface area is 77.0 Å². The fourth-order valence-electron chi connectivity index (χ4n) is 1.07. The molecule has 1 rings (SSSR count). The Bertz CT molecular complexity index is 246. The van der Waals surface area contributed by atoms with Crippen molar-refractivity contribution < 1.29 is 39.5 Å². The molecular formula is C6H9FO7. The predicted octanol–water partition coefficient (Wildman–Crippen LogP) is -2.83. The van der Waals surface area contributed by atoms with Gasteiger partial charge < -0.3 is 30.3 Å². The molecule has 0 amide bonds. The average Bonchev–Trinajstić information content (AvgIpc) is 2.11. The van der Waals surface area contributed by atoms with Crippen molar-refractivity contribution in [1.82, 2.24) is 0 Å². The Morgan fingerprint density at radius 1 is 1.21 bits per heavy atom. The predicted molar refractivity (Wildman–Crippen MR) is 36.6 cm³/mol. The van der Waals surface area contributed by atoms with E-state index in [0.717, 1.165) is 0 Å². The van der Waals surface area contributed by atoms with Crippen molar-refractivity contribution in [2.45, 2.75) is 30.5 Å². The van der Waals surface area contributed by atoms with Crippen LogP contribution in [0.1, 0.15) is 0 Å². The molecule has 14 heavy (non-hydrogen) atoms. The summed E-state index contributed by atoms with van der Waals surface area (Å²) in [5, 5.41) is 43.9. The molecule has 0 radical (unpaired) electrons. The molecule has 5 atom stereocenters. The van der Waals surface area contributed by atoms with Crippen LogP contribution in [-0.4, -0.2) is 62.0 Å². The molecule has 1 fully saturated rings. The first-order valence-corrected chi connectivity index (χ1v) is 3.63. The van der Waals surface area contributed by atoms with Crippen LogP contribution in [0.25, 0.3) is 0 Å². The van der Waals surface area contributed by atoms with E-state index in [1.54, 1.807) is 0 Å². The SMILES string of the molecule is O=C(O)[C@@]1(F)O[C@@H](O)[C@H](O)[C@@H](O)[C@@H]1O. The molecule has 1 heterocycles. The van der Waals surface area contributed by atoms with E-state index in [-0.39, 0.29) is 0 Å². The second kappa shape index (κ2) is 3.41. The molecule has 0 aromatic heterocycles. The number of halogens is 1. The number of hydrogen-bond donors (Lipinski definition) is 5. The lowest BCUT2D eigenvalue weighted by molar-refractivity contribution is -0.349. The van der Waals surface area contributed by atoms with Crippen LogP contribution in [0.4, 0.5) is 4.39 Å². The smallest absolute Gasteiger partial charge is 0.372 e. The molecular weight excluding hydrogens is 203 g/mol. The number of ether oxygens (including phenoxy) is 1. The molecule has 1 aliphatic rings. The zero-order chi connectivity index (χ0) is 11.1. The van der Waals surface area contributed by atoms with Crippen LogP contribution in [-0.2, 0) is 9.53 Å². The summed E-state index contributed by atoms with van der Waals surface area (Å²) in [6.07, 6.45) is -8.79. The summed E-state index contributed by atoms with van der Waals surface area (Å²) in [6.45, 7) is 0. The van der Waals surface area contributed by atoms with Crippen LogP contribution < -0.4 is 0 Å². The quantitative estimate of drug-likeness (QED) is 0.317. The molecule has 0 aromatic carbocycles. The van der Waals surface area contributed by atoms with Gasteiger partial charge in [0.2, 0.25) is 0 Å². The van der Waals surface area contributed by atoms with Crippen LogP contribution in [0.5, 0.6) is 0 Å². The van der Waals surface area contributed by atoms with Gasteiger partial charge >= 0.3 is 11.8 Å². The molecule has 1 saturated heterocycles. The molecule has 0 bridgehead atoms. The average molecular weight is 212 g/mol. The van der Waals surface area contributed by atoms with Crippen LogP contribution >= 0.6 is 0 Å². The van der Waals surface area contributed by atoms with Gasteiger partial charge in [-0.3, -0.25) is 0 Å². The lowest BCUT2D eigenvalue weighted by atomic mass is 9.97. The molecule has 5 N–H and O–H groups in total. The zero-order valence-corrected chi connectivity index (χ0v) is 6.74. The second-order valence-corrected chi connectivity index (χ2v) is 2.88. The van der Waals surface area contributed by atoms with Crippen LogP contribution in [0.3, 0.4) is 0 Å². The Morgan fingerprint density at radius 2 is 1.71 bits per heavy atom. The maximum atomic E-state index is 13.3. The van der Waals surface area contributed by atoms with E-state index in [2.05, 4.69) is 4.74 Å². The van der Waals surface area contributed by atoms with E-state index in [1.165, 1.54) is 0 Å². The zero-order valence-electron chi connectivity index (χ0n) is 6.74. The van der Waals surface area contributed by atoms with Gasteiger partial charge in [-0.2, -0.15) is 4.39 Å². The maximum absolute atomic E-state index is 13.3. The summed E-state index contributed by atoms with van der Waals surface area (Å²) in [5.41, 5.74) is 0. The number of aliphatic hydroxyl groups is 4. The summed E-state index contributed by atoms with van der Waals surface area (Å²) in [7, 11) is 0. The summed E-state index contributed by atoms with van der Waals surface area (Å²) in [6, 6.07) is 0. The second-order valence-electron chi connectivity index (χ2n) is 2.88. The maximum Gasteiger partial charge on any atom is 0.372 e. The lowest BCUT2D eigenvalue weighted by Crippen LogP contribution is -2.65. The Kier molecular flexibility index (Phi) is 2.74. The van der Waals surface area contributed by atoms with Crippen LogP contribution in [0, 0.1) is 0 Å². The highest BCUT2D eigenvalue weighted by atomic mass is 19.2. The molecule has 0 aromatic rings. The summed E-state index contributed by atoms with van der Waals surface area (Å²) in [4.78, 5) is 10.3. The van der Waals surface area contributed by atoms with Crippen LogP contribution in [0.15, 0.2) is 0 Å². The first-order chi connectivity index (χ1) is 6.30. The number of carboxylic acids is 1. The normalized spacial score (nSPS) is 48.9. The van der Waals surface area contributed by atoms with Crippen molar-refractivity contribution in [2.75, 3.05) is 0 Å². The highest BCUT2D eigenvalue weighted by molar-refractivity contribution is 5.76. The number of rotatable bonds is 1. The molecule has 0 unspecified atom stereocenters. The van der Waals surface area contributed by atoms with Gasteiger partial charge in [0.05, 0.1) is 0 Å². The molecule has 0 spiro atoms. The standard InChI is InChI=1S/C6H9FO7/c7-6(5(12)13)3(10)1(8)2(9)4(11)14-6/h1-4,8-11H,(H,12,13)/t1-,2-,3+,4-,6+/m1/s1. The number of aliphatic carboxylic acids is 1. The largest absolute Gasteiger partial charge is 0.477 e. The summed E-state index contributed by atoms with van der Waals surface area (Å²) >= 11 is 0. The summed E-state index contributed by atoms with van der Waals surface area (Å²) < 4.78 is 17.1. The monoisotopic (exact) mass is 212 g/mol.